The third-order valence-corrected chi connectivity index (χ3v) is 1.89. The van der Waals surface area contributed by atoms with Gasteiger partial charge in [-0.25, -0.2) is 4.39 Å². The summed E-state index contributed by atoms with van der Waals surface area (Å²) in [6.07, 6.45) is -5.54. The van der Waals surface area contributed by atoms with Gasteiger partial charge in [-0.3, -0.25) is 0 Å². The SMILES string of the molecule is OB(O)c1cc(F)ccc1OCCC(F)(F)F. The Morgan fingerprint density at radius 3 is 2.41 bits per heavy atom. The summed E-state index contributed by atoms with van der Waals surface area (Å²) in [5.41, 5.74) is -0.313. The maximum Gasteiger partial charge on any atom is 0.492 e. The summed E-state index contributed by atoms with van der Waals surface area (Å²) in [5, 5.41) is 17.7. The number of rotatable bonds is 4. The second-order valence-electron chi connectivity index (χ2n) is 3.27. The molecule has 0 saturated heterocycles. The van der Waals surface area contributed by atoms with E-state index >= 15 is 0 Å². The molecule has 0 aliphatic carbocycles. The molecule has 3 nitrogen and oxygen atoms in total. The Kier molecular flexibility index (Phi) is 4.36. The third kappa shape index (κ3) is 4.62. The standard InChI is InChI=1S/C9H9BF4O3/c11-6-1-2-8(7(5-6)10(15)16)17-4-3-9(12,13)14/h1-2,5,15-16H,3-4H2. The predicted molar refractivity (Wildman–Crippen MR) is 52.4 cm³/mol. The zero-order valence-electron chi connectivity index (χ0n) is 8.54. The first-order valence-corrected chi connectivity index (χ1v) is 4.65. The van der Waals surface area contributed by atoms with Crippen LogP contribution in [0.5, 0.6) is 5.75 Å². The van der Waals surface area contributed by atoms with Gasteiger partial charge in [-0.1, -0.05) is 0 Å². The van der Waals surface area contributed by atoms with E-state index in [2.05, 4.69) is 0 Å². The van der Waals surface area contributed by atoms with E-state index in [1.54, 1.807) is 0 Å². The van der Waals surface area contributed by atoms with Crippen LogP contribution >= 0.6 is 0 Å². The number of hydrogen-bond acceptors (Lipinski definition) is 3. The summed E-state index contributed by atoms with van der Waals surface area (Å²) < 4.78 is 53.0. The second-order valence-corrected chi connectivity index (χ2v) is 3.27. The molecule has 0 aliphatic heterocycles. The molecule has 0 unspecified atom stereocenters. The number of hydrogen-bond donors (Lipinski definition) is 2. The van der Waals surface area contributed by atoms with E-state index in [0.29, 0.717) is 0 Å². The molecule has 0 saturated carbocycles. The van der Waals surface area contributed by atoms with Crippen LogP contribution in [0.25, 0.3) is 0 Å². The molecule has 0 amide bonds. The molecule has 1 aromatic rings. The maximum absolute atomic E-state index is 12.8. The molecule has 0 fully saturated rings. The predicted octanol–water partition coefficient (Wildman–Crippen LogP) is 0.837. The maximum atomic E-state index is 12.8. The number of benzene rings is 1. The Bertz CT molecular complexity index is 381. The van der Waals surface area contributed by atoms with Crippen molar-refractivity contribution >= 4 is 12.6 Å². The van der Waals surface area contributed by atoms with Crippen molar-refractivity contribution in [2.75, 3.05) is 6.61 Å². The number of halogens is 4. The van der Waals surface area contributed by atoms with Crippen LogP contribution in [-0.2, 0) is 0 Å². The van der Waals surface area contributed by atoms with E-state index in [4.69, 9.17) is 14.8 Å². The highest BCUT2D eigenvalue weighted by molar-refractivity contribution is 6.59. The van der Waals surface area contributed by atoms with Gasteiger partial charge in [0.15, 0.2) is 0 Å². The summed E-state index contributed by atoms with van der Waals surface area (Å²) in [5.74, 6) is -0.929. The lowest BCUT2D eigenvalue weighted by Gasteiger charge is -2.12. The van der Waals surface area contributed by atoms with Gasteiger partial charge in [0, 0.05) is 5.46 Å². The lowest BCUT2D eigenvalue weighted by atomic mass is 9.79. The molecule has 2 N–H and O–H groups in total. The van der Waals surface area contributed by atoms with Gasteiger partial charge in [-0.15, -0.1) is 0 Å². The van der Waals surface area contributed by atoms with Crippen LogP contribution < -0.4 is 10.2 Å². The minimum atomic E-state index is -4.36. The van der Waals surface area contributed by atoms with Crippen molar-refractivity contribution in [3.63, 3.8) is 0 Å². The van der Waals surface area contributed by atoms with Gasteiger partial charge in [0.1, 0.15) is 11.6 Å². The minimum absolute atomic E-state index is 0.189. The molecule has 0 aliphatic rings. The van der Waals surface area contributed by atoms with Gasteiger partial charge in [-0.2, -0.15) is 13.2 Å². The molecule has 0 heterocycles. The van der Waals surface area contributed by atoms with Gasteiger partial charge in [0.05, 0.1) is 13.0 Å². The summed E-state index contributed by atoms with van der Waals surface area (Å²) in [7, 11) is -2.01. The Morgan fingerprint density at radius 1 is 1.24 bits per heavy atom. The topological polar surface area (TPSA) is 49.7 Å². The Morgan fingerprint density at radius 2 is 1.88 bits per heavy atom. The molecule has 0 bridgehead atoms. The number of alkyl halides is 3. The molecule has 8 heteroatoms. The van der Waals surface area contributed by atoms with Crippen molar-refractivity contribution in [2.24, 2.45) is 0 Å². The summed E-state index contributed by atoms with van der Waals surface area (Å²) in [4.78, 5) is 0. The van der Waals surface area contributed by atoms with E-state index < -0.39 is 32.1 Å². The molecular formula is C9H9BF4O3. The minimum Gasteiger partial charge on any atom is -0.494 e. The fourth-order valence-electron chi connectivity index (χ4n) is 1.13. The average Bonchev–Trinajstić information content (AvgIpc) is 2.18. The normalized spacial score (nSPS) is 11.4. The molecule has 1 aromatic carbocycles. The monoisotopic (exact) mass is 252 g/mol. The zero-order valence-corrected chi connectivity index (χ0v) is 8.54. The highest BCUT2D eigenvalue weighted by Gasteiger charge is 2.27. The van der Waals surface area contributed by atoms with Crippen LogP contribution in [0.3, 0.4) is 0 Å². The van der Waals surface area contributed by atoms with E-state index in [-0.39, 0.29) is 11.2 Å². The highest BCUT2D eigenvalue weighted by atomic mass is 19.4. The first-order valence-electron chi connectivity index (χ1n) is 4.65. The van der Waals surface area contributed by atoms with Crippen LogP contribution in [0.4, 0.5) is 17.6 Å². The molecule has 0 spiro atoms. The molecule has 94 valence electrons. The van der Waals surface area contributed by atoms with E-state index in [1.807, 2.05) is 0 Å². The molecular weight excluding hydrogens is 243 g/mol. The van der Waals surface area contributed by atoms with Gasteiger partial charge in [0.2, 0.25) is 0 Å². The van der Waals surface area contributed by atoms with Crippen molar-refractivity contribution < 1.29 is 32.3 Å². The lowest BCUT2D eigenvalue weighted by Crippen LogP contribution is -2.32. The third-order valence-electron chi connectivity index (χ3n) is 1.89. The van der Waals surface area contributed by atoms with Crippen molar-refractivity contribution in [3.8, 4) is 5.75 Å². The van der Waals surface area contributed by atoms with Gasteiger partial charge in [-0.05, 0) is 18.2 Å². The Hall–Kier alpha value is -1.28. The van der Waals surface area contributed by atoms with Crippen LogP contribution in [0.1, 0.15) is 6.42 Å². The van der Waals surface area contributed by atoms with Crippen molar-refractivity contribution in [1.82, 2.24) is 0 Å². The molecule has 17 heavy (non-hydrogen) atoms. The van der Waals surface area contributed by atoms with Gasteiger partial charge >= 0.3 is 13.3 Å². The van der Waals surface area contributed by atoms with Crippen LogP contribution in [0.15, 0.2) is 18.2 Å². The molecule has 1 rings (SSSR count). The van der Waals surface area contributed by atoms with Crippen LogP contribution in [-0.4, -0.2) is 29.9 Å². The zero-order chi connectivity index (χ0) is 13.1. The summed E-state index contributed by atoms with van der Waals surface area (Å²) in [6.45, 7) is -0.672. The fourth-order valence-corrected chi connectivity index (χ4v) is 1.13. The summed E-state index contributed by atoms with van der Waals surface area (Å²) in [6, 6.07) is 2.78. The van der Waals surface area contributed by atoms with E-state index in [9.17, 15) is 17.6 Å². The largest absolute Gasteiger partial charge is 0.494 e. The fraction of sp³-hybridized carbons (Fsp3) is 0.333. The first kappa shape index (κ1) is 13.8. The second kappa shape index (κ2) is 5.37. The lowest BCUT2D eigenvalue weighted by molar-refractivity contribution is -0.139. The average molecular weight is 252 g/mol. The van der Waals surface area contributed by atoms with E-state index in [0.717, 1.165) is 18.2 Å². The molecule has 0 aromatic heterocycles. The Balaban J connectivity index is 2.70. The van der Waals surface area contributed by atoms with Crippen molar-refractivity contribution in [1.29, 1.82) is 0 Å². The first-order chi connectivity index (χ1) is 7.79. The van der Waals surface area contributed by atoms with Gasteiger partial charge in [0.25, 0.3) is 0 Å². The molecule has 0 atom stereocenters. The van der Waals surface area contributed by atoms with E-state index in [1.165, 1.54) is 0 Å². The van der Waals surface area contributed by atoms with Crippen LogP contribution in [0, 0.1) is 5.82 Å². The Labute approximate surface area is 94.8 Å². The number of ether oxygens (including phenoxy) is 1. The van der Waals surface area contributed by atoms with Crippen molar-refractivity contribution in [2.45, 2.75) is 12.6 Å². The quantitative estimate of drug-likeness (QED) is 0.616. The van der Waals surface area contributed by atoms with Crippen molar-refractivity contribution in [3.05, 3.63) is 24.0 Å². The van der Waals surface area contributed by atoms with Gasteiger partial charge < -0.3 is 14.8 Å². The van der Waals surface area contributed by atoms with Crippen LogP contribution in [0.2, 0.25) is 0 Å². The summed E-state index contributed by atoms with van der Waals surface area (Å²) >= 11 is 0. The highest BCUT2D eigenvalue weighted by Crippen LogP contribution is 2.20. The molecule has 0 radical (unpaired) electrons. The smallest absolute Gasteiger partial charge is 0.492 e.